The molecule has 3 aliphatic rings. The molecular formula is C18H21N3O2. The first kappa shape index (κ1) is 14.6. The number of hydrogen-bond acceptors (Lipinski definition) is 4. The Morgan fingerprint density at radius 2 is 1.96 bits per heavy atom. The maximum Gasteiger partial charge on any atom is 0.294 e. The minimum Gasteiger partial charge on any atom is -0.473 e. The third kappa shape index (κ3) is 2.70. The predicted octanol–water partition coefficient (Wildman–Crippen LogP) is 2.44. The Kier molecular flexibility index (Phi) is 3.73. The molecule has 0 bridgehead atoms. The lowest BCUT2D eigenvalue weighted by molar-refractivity contribution is -0.121. The fourth-order valence-electron chi connectivity index (χ4n) is 3.69. The molecule has 1 aromatic rings. The van der Waals surface area contributed by atoms with E-state index in [-0.39, 0.29) is 5.91 Å². The van der Waals surface area contributed by atoms with Gasteiger partial charge in [0.15, 0.2) is 0 Å². The fourth-order valence-corrected chi connectivity index (χ4v) is 3.69. The van der Waals surface area contributed by atoms with Crippen LogP contribution in [0.3, 0.4) is 0 Å². The summed E-state index contributed by atoms with van der Waals surface area (Å²) in [5.41, 5.74) is 1.63. The molecule has 1 fully saturated rings. The first-order chi connectivity index (χ1) is 11.2. The van der Waals surface area contributed by atoms with Gasteiger partial charge in [0, 0.05) is 11.6 Å². The van der Waals surface area contributed by atoms with E-state index in [1.54, 1.807) is 0 Å². The van der Waals surface area contributed by atoms with Crippen LogP contribution in [0.4, 0.5) is 0 Å². The molecule has 1 atom stereocenters. The Hall–Kier alpha value is -2.01. The zero-order valence-electron chi connectivity index (χ0n) is 13.4. The number of carbonyl (C=O) groups is 1. The lowest BCUT2D eigenvalue weighted by Crippen LogP contribution is -2.40. The van der Waals surface area contributed by atoms with Crippen molar-refractivity contribution in [3.8, 4) is 5.75 Å². The minimum atomic E-state index is -0.656. The van der Waals surface area contributed by atoms with Crippen LogP contribution >= 0.6 is 0 Å². The molecule has 0 spiro atoms. The molecule has 5 nitrogen and oxygen atoms in total. The quantitative estimate of drug-likeness (QED) is 0.861. The number of benzene rings is 1. The molecule has 1 aromatic carbocycles. The highest BCUT2D eigenvalue weighted by atomic mass is 16.5. The van der Waals surface area contributed by atoms with Crippen molar-refractivity contribution >= 4 is 17.5 Å². The van der Waals surface area contributed by atoms with Gasteiger partial charge in [0.2, 0.25) is 6.10 Å². The molecule has 0 N–H and O–H groups in total. The minimum absolute atomic E-state index is 0.238. The smallest absolute Gasteiger partial charge is 0.294 e. The summed E-state index contributed by atoms with van der Waals surface area (Å²) in [4.78, 5) is 23.4. The summed E-state index contributed by atoms with van der Waals surface area (Å²) in [6.07, 6.45) is 5.71. The zero-order valence-corrected chi connectivity index (χ0v) is 13.4. The third-order valence-corrected chi connectivity index (χ3v) is 4.96. The molecule has 0 aromatic heterocycles. The Labute approximate surface area is 136 Å². The lowest BCUT2D eigenvalue weighted by atomic mass is 9.94. The molecule has 2 heterocycles. The van der Waals surface area contributed by atoms with Crippen LogP contribution in [0.2, 0.25) is 0 Å². The first-order valence-corrected chi connectivity index (χ1v) is 8.38. The van der Waals surface area contributed by atoms with Crippen LogP contribution in [0.1, 0.15) is 37.7 Å². The van der Waals surface area contributed by atoms with Crippen molar-refractivity contribution in [3.63, 3.8) is 0 Å². The van der Waals surface area contributed by atoms with E-state index >= 15 is 0 Å². The molecule has 23 heavy (non-hydrogen) atoms. The number of nitrogens with zero attached hydrogens (tertiary/aromatic N) is 3. The summed E-state index contributed by atoms with van der Waals surface area (Å²) in [6.45, 7) is 0.620. The topological polar surface area (TPSA) is 54.3 Å². The highest BCUT2D eigenvalue weighted by molar-refractivity contribution is 6.26. The third-order valence-electron chi connectivity index (χ3n) is 4.96. The van der Waals surface area contributed by atoms with Crippen LogP contribution in [0.25, 0.3) is 0 Å². The van der Waals surface area contributed by atoms with Crippen molar-refractivity contribution in [2.75, 3.05) is 13.6 Å². The molecule has 1 aliphatic carbocycles. The predicted molar refractivity (Wildman–Crippen MR) is 89.3 cm³/mol. The Morgan fingerprint density at radius 3 is 2.78 bits per heavy atom. The van der Waals surface area contributed by atoms with Crippen molar-refractivity contribution < 1.29 is 9.53 Å². The van der Waals surface area contributed by atoms with Gasteiger partial charge in [-0.3, -0.25) is 9.69 Å². The summed E-state index contributed by atoms with van der Waals surface area (Å²) >= 11 is 0. The number of aliphatic imine (C=N–C) groups is 2. The van der Waals surface area contributed by atoms with E-state index in [1.165, 1.54) is 32.1 Å². The van der Waals surface area contributed by atoms with Crippen molar-refractivity contribution in [1.29, 1.82) is 0 Å². The van der Waals surface area contributed by atoms with E-state index in [0.29, 0.717) is 24.1 Å². The first-order valence-electron chi connectivity index (χ1n) is 8.38. The standard InChI is InChI=1S/C18H21N3O2/c1-21(12-7-3-2-4-8-12)11-15-19-16-13-9-5-6-10-14(13)23-17(16)18(22)20-15/h5-6,9-10,12,17H,2-4,7-8,11H2,1H3. The van der Waals surface area contributed by atoms with E-state index in [0.717, 1.165) is 11.3 Å². The number of likely N-dealkylation sites (N-methyl/N-ethyl adjacent to an activating group) is 1. The largest absolute Gasteiger partial charge is 0.473 e. The summed E-state index contributed by atoms with van der Waals surface area (Å²) in [6, 6.07) is 8.25. The van der Waals surface area contributed by atoms with Crippen LogP contribution in [-0.4, -0.2) is 48.1 Å². The highest BCUT2D eigenvalue weighted by Gasteiger charge is 2.38. The van der Waals surface area contributed by atoms with Crippen molar-refractivity contribution in [3.05, 3.63) is 29.8 Å². The zero-order chi connectivity index (χ0) is 15.8. The summed E-state index contributed by atoms with van der Waals surface area (Å²) in [7, 11) is 2.11. The lowest BCUT2D eigenvalue weighted by Gasteiger charge is -2.31. The van der Waals surface area contributed by atoms with Crippen LogP contribution in [0, 0.1) is 0 Å². The number of rotatable bonds is 3. The average molecular weight is 311 g/mol. The maximum atomic E-state index is 12.3. The van der Waals surface area contributed by atoms with E-state index in [4.69, 9.17) is 4.74 Å². The van der Waals surface area contributed by atoms with Crippen molar-refractivity contribution in [1.82, 2.24) is 4.90 Å². The highest BCUT2D eigenvalue weighted by Crippen LogP contribution is 2.31. The number of hydrogen-bond donors (Lipinski definition) is 0. The van der Waals surface area contributed by atoms with Gasteiger partial charge in [-0.25, -0.2) is 4.99 Å². The van der Waals surface area contributed by atoms with Gasteiger partial charge in [-0.2, -0.15) is 4.99 Å². The second-order valence-electron chi connectivity index (χ2n) is 6.56. The maximum absolute atomic E-state index is 12.3. The molecule has 5 heteroatoms. The van der Waals surface area contributed by atoms with Crippen molar-refractivity contribution in [2.45, 2.75) is 44.2 Å². The van der Waals surface area contributed by atoms with Gasteiger partial charge in [0.05, 0.1) is 6.54 Å². The fraction of sp³-hybridized carbons (Fsp3) is 0.500. The molecule has 120 valence electrons. The number of para-hydroxylation sites is 1. The molecule has 4 rings (SSSR count). The SMILES string of the molecule is CN(CC1=NC(=O)C2Oc3ccccc3C2=N1)C1CCCCC1. The van der Waals surface area contributed by atoms with Gasteiger partial charge in [0.25, 0.3) is 5.91 Å². The summed E-state index contributed by atoms with van der Waals surface area (Å²) in [5.74, 6) is 1.09. The van der Waals surface area contributed by atoms with Crippen LogP contribution < -0.4 is 4.74 Å². The van der Waals surface area contributed by atoms with E-state index in [9.17, 15) is 4.79 Å². The van der Waals surface area contributed by atoms with E-state index < -0.39 is 6.10 Å². The van der Waals surface area contributed by atoms with Crippen LogP contribution in [0.15, 0.2) is 34.3 Å². The Morgan fingerprint density at radius 1 is 1.17 bits per heavy atom. The van der Waals surface area contributed by atoms with E-state index in [2.05, 4.69) is 21.9 Å². The van der Waals surface area contributed by atoms with Gasteiger partial charge in [-0.1, -0.05) is 31.4 Å². The number of carbonyl (C=O) groups excluding carboxylic acids is 1. The monoisotopic (exact) mass is 311 g/mol. The molecule has 1 unspecified atom stereocenters. The normalized spacial score (nSPS) is 23.9. The second-order valence-corrected chi connectivity index (χ2v) is 6.56. The Balaban J connectivity index is 1.55. The van der Waals surface area contributed by atoms with Crippen molar-refractivity contribution in [2.24, 2.45) is 9.98 Å². The number of fused-ring (bicyclic) bond motifs is 3. The molecule has 1 saturated carbocycles. The van der Waals surface area contributed by atoms with Gasteiger partial charge in [-0.15, -0.1) is 0 Å². The number of ether oxygens (including phenoxy) is 1. The average Bonchev–Trinajstić information content (AvgIpc) is 2.95. The van der Waals surface area contributed by atoms with Crippen LogP contribution in [0.5, 0.6) is 5.75 Å². The molecule has 1 amide bonds. The molecule has 0 radical (unpaired) electrons. The number of amidine groups is 1. The summed E-state index contributed by atoms with van der Waals surface area (Å²) < 4.78 is 5.69. The van der Waals surface area contributed by atoms with Crippen LogP contribution in [-0.2, 0) is 4.79 Å². The summed E-state index contributed by atoms with van der Waals surface area (Å²) in [5, 5.41) is 0. The molecule has 2 aliphatic heterocycles. The van der Waals surface area contributed by atoms with Gasteiger partial charge >= 0.3 is 0 Å². The van der Waals surface area contributed by atoms with Gasteiger partial charge in [0.1, 0.15) is 17.3 Å². The molecular weight excluding hydrogens is 290 g/mol. The Bertz CT molecular complexity index is 689. The number of amides is 1. The molecule has 0 saturated heterocycles. The van der Waals surface area contributed by atoms with E-state index in [1.807, 2.05) is 24.3 Å². The van der Waals surface area contributed by atoms with Gasteiger partial charge in [-0.05, 0) is 32.0 Å². The second kappa shape index (κ2) is 5.89. The van der Waals surface area contributed by atoms with Gasteiger partial charge < -0.3 is 4.74 Å².